The quantitative estimate of drug-likeness (QED) is 0.734. The normalized spacial score (nSPS) is 30.5. The predicted octanol–water partition coefficient (Wildman–Crippen LogP) is 3.05. The number of likely N-dealkylation sites (N-methyl/N-ethyl adjacent to an activating group) is 1. The molecular weight excluding hydrogens is 266 g/mol. The van der Waals surface area contributed by atoms with Gasteiger partial charge in [-0.1, -0.05) is 32.6 Å². The lowest BCUT2D eigenvalue weighted by Gasteiger charge is -2.34. The molecule has 0 aromatic rings. The molecular formula is C17H31NO3. The lowest BCUT2D eigenvalue weighted by atomic mass is 9.84. The SMILES string of the molecule is CCNC1(C(=O)OC)CCCC1CCOC1CCCCC1. The molecule has 0 aromatic heterocycles. The van der Waals surface area contributed by atoms with E-state index in [1.165, 1.54) is 39.2 Å². The minimum Gasteiger partial charge on any atom is -0.468 e. The van der Waals surface area contributed by atoms with Crippen LogP contribution in [0.4, 0.5) is 0 Å². The van der Waals surface area contributed by atoms with Crippen molar-refractivity contribution >= 4 is 5.97 Å². The van der Waals surface area contributed by atoms with Crippen LogP contribution in [0.25, 0.3) is 0 Å². The summed E-state index contributed by atoms with van der Waals surface area (Å²) in [4.78, 5) is 12.3. The van der Waals surface area contributed by atoms with Crippen molar-refractivity contribution in [2.45, 2.75) is 76.4 Å². The fourth-order valence-electron chi connectivity index (χ4n) is 4.15. The summed E-state index contributed by atoms with van der Waals surface area (Å²) in [5.41, 5.74) is -0.473. The van der Waals surface area contributed by atoms with E-state index in [9.17, 15) is 4.79 Å². The van der Waals surface area contributed by atoms with Crippen LogP contribution >= 0.6 is 0 Å². The van der Waals surface area contributed by atoms with Gasteiger partial charge in [-0.2, -0.15) is 0 Å². The minimum absolute atomic E-state index is 0.0930. The van der Waals surface area contributed by atoms with E-state index in [1.54, 1.807) is 0 Å². The highest BCUT2D eigenvalue weighted by Gasteiger charge is 2.48. The highest BCUT2D eigenvalue weighted by molar-refractivity contribution is 5.81. The van der Waals surface area contributed by atoms with Crippen LogP contribution in [-0.4, -0.2) is 37.9 Å². The Balaban J connectivity index is 1.86. The number of methoxy groups -OCH3 is 1. The zero-order valence-corrected chi connectivity index (χ0v) is 13.7. The number of hydrogen-bond acceptors (Lipinski definition) is 4. The molecule has 0 spiro atoms. The predicted molar refractivity (Wildman–Crippen MR) is 83.2 cm³/mol. The molecule has 2 atom stereocenters. The van der Waals surface area contributed by atoms with Gasteiger partial charge in [0.1, 0.15) is 5.54 Å². The topological polar surface area (TPSA) is 47.6 Å². The van der Waals surface area contributed by atoms with E-state index in [2.05, 4.69) is 12.2 Å². The van der Waals surface area contributed by atoms with E-state index < -0.39 is 5.54 Å². The molecule has 4 nitrogen and oxygen atoms in total. The van der Waals surface area contributed by atoms with Crippen molar-refractivity contribution in [1.29, 1.82) is 0 Å². The number of hydrogen-bond donors (Lipinski definition) is 1. The second-order valence-electron chi connectivity index (χ2n) is 6.50. The zero-order valence-electron chi connectivity index (χ0n) is 13.7. The molecule has 0 saturated heterocycles. The molecule has 0 heterocycles. The summed E-state index contributed by atoms with van der Waals surface area (Å²) in [6.45, 7) is 3.63. The van der Waals surface area contributed by atoms with Crippen molar-refractivity contribution in [2.75, 3.05) is 20.3 Å². The van der Waals surface area contributed by atoms with Gasteiger partial charge >= 0.3 is 5.97 Å². The van der Waals surface area contributed by atoms with E-state index in [4.69, 9.17) is 9.47 Å². The van der Waals surface area contributed by atoms with Crippen LogP contribution in [-0.2, 0) is 14.3 Å². The third-order valence-electron chi connectivity index (χ3n) is 5.23. The number of esters is 1. The Bertz CT molecular complexity index is 328. The first kappa shape index (κ1) is 16.8. The first-order valence-electron chi connectivity index (χ1n) is 8.68. The summed E-state index contributed by atoms with van der Waals surface area (Å²) in [6.07, 6.45) is 10.9. The van der Waals surface area contributed by atoms with E-state index in [-0.39, 0.29) is 5.97 Å². The third kappa shape index (κ3) is 3.98. The van der Waals surface area contributed by atoms with Crippen LogP contribution in [0.2, 0.25) is 0 Å². The Kier molecular flexibility index (Phi) is 6.49. The molecule has 2 rings (SSSR count). The van der Waals surface area contributed by atoms with Crippen molar-refractivity contribution in [3.63, 3.8) is 0 Å². The Morgan fingerprint density at radius 2 is 1.95 bits per heavy atom. The van der Waals surface area contributed by atoms with Crippen molar-refractivity contribution in [3.8, 4) is 0 Å². The molecule has 2 saturated carbocycles. The van der Waals surface area contributed by atoms with E-state index in [1.807, 2.05) is 0 Å². The summed E-state index contributed by atoms with van der Waals surface area (Å²) >= 11 is 0. The van der Waals surface area contributed by atoms with Gasteiger partial charge in [0.2, 0.25) is 0 Å². The summed E-state index contributed by atoms with van der Waals surface area (Å²) in [7, 11) is 1.50. The molecule has 122 valence electrons. The Labute approximate surface area is 129 Å². The van der Waals surface area contributed by atoms with Gasteiger partial charge in [-0.25, -0.2) is 0 Å². The Hall–Kier alpha value is -0.610. The molecule has 0 amide bonds. The Morgan fingerprint density at radius 3 is 2.62 bits per heavy atom. The molecule has 0 aromatic carbocycles. The smallest absolute Gasteiger partial charge is 0.326 e. The molecule has 0 radical (unpaired) electrons. The lowest BCUT2D eigenvalue weighted by molar-refractivity contribution is -0.150. The van der Waals surface area contributed by atoms with Gasteiger partial charge in [0.05, 0.1) is 13.2 Å². The number of rotatable bonds is 7. The highest BCUT2D eigenvalue weighted by Crippen LogP contribution is 2.39. The maximum Gasteiger partial charge on any atom is 0.326 e. The Morgan fingerprint density at radius 1 is 1.19 bits per heavy atom. The van der Waals surface area contributed by atoms with E-state index in [0.717, 1.165) is 38.8 Å². The summed E-state index contributed by atoms with van der Waals surface area (Å²) in [6, 6.07) is 0. The summed E-state index contributed by atoms with van der Waals surface area (Å²) in [5, 5.41) is 3.42. The first-order valence-corrected chi connectivity index (χ1v) is 8.68. The fourth-order valence-corrected chi connectivity index (χ4v) is 4.15. The van der Waals surface area contributed by atoms with Gasteiger partial charge in [0.15, 0.2) is 0 Å². The zero-order chi connectivity index (χ0) is 15.1. The van der Waals surface area contributed by atoms with Gasteiger partial charge < -0.3 is 14.8 Å². The fraction of sp³-hybridized carbons (Fsp3) is 0.941. The van der Waals surface area contributed by atoms with Crippen LogP contribution in [0.15, 0.2) is 0 Å². The number of ether oxygens (including phenoxy) is 2. The van der Waals surface area contributed by atoms with E-state index in [0.29, 0.717) is 12.0 Å². The third-order valence-corrected chi connectivity index (χ3v) is 5.23. The standard InChI is InChI=1S/C17H31NO3/c1-3-18-17(16(19)20-2)12-7-8-14(17)11-13-21-15-9-5-4-6-10-15/h14-15,18H,3-13H2,1-2H3. The number of carbonyl (C=O) groups is 1. The lowest BCUT2D eigenvalue weighted by Crippen LogP contribution is -2.55. The molecule has 2 unspecified atom stereocenters. The number of nitrogens with one attached hydrogen (secondary N) is 1. The van der Waals surface area contributed by atoms with E-state index >= 15 is 0 Å². The van der Waals surface area contributed by atoms with Crippen molar-refractivity contribution < 1.29 is 14.3 Å². The molecule has 0 bridgehead atoms. The molecule has 2 aliphatic rings. The molecule has 4 heteroatoms. The highest BCUT2D eigenvalue weighted by atomic mass is 16.5. The molecule has 1 N–H and O–H groups in total. The van der Waals surface area contributed by atoms with Gasteiger partial charge in [-0.3, -0.25) is 4.79 Å². The summed E-state index contributed by atoms with van der Waals surface area (Å²) in [5.74, 6) is 0.248. The van der Waals surface area contributed by atoms with Crippen LogP contribution < -0.4 is 5.32 Å². The van der Waals surface area contributed by atoms with Crippen LogP contribution in [0.3, 0.4) is 0 Å². The van der Waals surface area contributed by atoms with Gasteiger partial charge in [0.25, 0.3) is 0 Å². The van der Waals surface area contributed by atoms with Crippen molar-refractivity contribution in [1.82, 2.24) is 5.32 Å². The summed E-state index contributed by atoms with van der Waals surface area (Å²) < 4.78 is 11.1. The van der Waals surface area contributed by atoms with Gasteiger partial charge in [-0.05, 0) is 44.6 Å². The second-order valence-corrected chi connectivity index (χ2v) is 6.50. The maximum atomic E-state index is 12.3. The minimum atomic E-state index is -0.473. The molecule has 0 aliphatic heterocycles. The van der Waals surface area contributed by atoms with Crippen molar-refractivity contribution in [2.24, 2.45) is 5.92 Å². The van der Waals surface area contributed by atoms with Crippen LogP contribution in [0.5, 0.6) is 0 Å². The molecule has 2 aliphatic carbocycles. The monoisotopic (exact) mass is 297 g/mol. The van der Waals surface area contributed by atoms with Gasteiger partial charge in [-0.15, -0.1) is 0 Å². The average molecular weight is 297 g/mol. The number of carbonyl (C=O) groups excluding carboxylic acids is 1. The average Bonchev–Trinajstić information content (AvgIpc) is 2.92. The van der Waals surface area contributed by atoms with Gasteiger partial charge in [0, 0.05) is 6.61 Å². The molecule has 2 fully saturated rings. The van der Waals surface area contributed by atoms with Crippen LogP contribution in [0.1, 0.15) is 64.7 Å². The first-order chi connectivity index (χ1) is 10.2. The van der Waals surface area contributed by atoms with Crippen molar-refractivity contribution in [3.05, 3.63) is 0 Å². The maximum absolute atomic E-state index is 12.3. The van der Waals surface area contributed by atoms with Crippen LogP contribution in [0, 0.1) is 5.92 Å². The largest absolute Gasteiger partial charge is 0.468 e. The molecule has 21 heavy (non-hydrogen) atoms. The second kappa shape index (κ2) is 8.14.